The Morgan fingerprint density at radius 1 is 1.00 bits per heavy atom. The normalized spacial score (nSPS) is 11.1. The van der Waals surface area contributed by atoms with E-state index in [4.69, 9.17) is 0 Å². The van der Waals surface area contributed by atoms with E-state index >= 15 is 0 Å². The molecule has 0 aliphatic rings. The number of sulfonamides is 1. The molecule has 0 spiro atoms. The number of non-ortho nitro benzene ring substituents is 1. The van der Waals surface area contributed by atoms with Crippen LogP contribution < -0.4 is 14.9 Å². The van der Waals surface area contributed by atoms with E-state index in [-0.39, 0.29) is 10.6 Å². The fraction of sp³-hybridized carbons (Fsp3) is 0.238. The van der Waals surface area contributed by atoms with Crippen molar-refractivity contribution in [2.24, 2.45) is 0 Å². The van der Waals surface area contributed by atoms with Crippen molar-refractivity contribution in [1.29, 1.82) is 0 Å². The van der Waals surface area contributed by atoms with Gasteiger partial charge in [-0.1, -0.05) is 6.07 Å². The van der Waals surface area contributed by atoms with Crippen molar-refractivity contribution >= 4 is 38.7 Å². The maximum absolute atomic E-state index is 12.6. The minimum atomic E-state index is -3.97. The number of benzene rings is 2. The number of nitro groups is 1. The molecule has 0 saturated carbocycles. The van der Waals surface area contributed by atoms with Crippen molar-refractivity contribution < 1.29 is 13.3 Å². The highest BCUT2D eigenvalue weighted by molar-refractivity contribution is 7.92. The molecule has 3 rings (SSSR count). The highest BCUT2D eigenvalue weighted by atomic mass is 32.2. The molecule has 11 heteroatoms. The third-order valence-electron chi connectivity index (χ3n) is 4.66. The van der Waals surface area contributed by atoms with Crippen molar-refractivity contribution in [3.63, 3.8) is 0 Å². The summed E-state index contributed by atoms with van der Waals surface area (Å²) < 4.78 is 27.6. The number of nitro benzene ring substituents is 1. The first-order valence-corrected chi connectivity index (χ1v) is 11.4. The summed E-state index contributed by atoms with van der Waals surface area (Å²) in [5.74, 6) is 2.09. The second kappa shape index (κ2) is 9.60. The number of anilines is 4. The van der Waals surface area contributed by atoms with E-state index in [9.17, 15) is 18.5 Å². The second-order valence-corrected chi connectivity index (χ2v) is 8.58. The summed E-state index contributed by atoms with van der Waals surface area (Å²) >= 11 is 0. The van der Waals surface area contributed by atoms with Crippen LogP contribution in [0, 0.1) is 17.0 Å². The summed E-state index contributed by atoms with van der Waals surface area (Å²) in [6, 6.07) is 13.3. The van der Waals surface area contributed by atoms with E-state index < -0.39 is 14.9 Å². The first-order valence-electron chi connectivity index (χ1n) is 9.97. The van der Waals surface area contributed by atoms with E-state index in [1.54, 1.807) is 24.3 Å². The first kappa shape index (κ1) is 22.9. The van der Waals surface area contributed by atoms with Crippen LogP contribution in [0.1, 0.15) is 19.7 Å². The zero-order valence-electron chi connectivity index (χ0n) is 17.9. The van der Waals surface area contributed by atoms with Gasteiger partial charge in [0, 0.05) is 42.7 Å². The Labute approximate surface area is 186 Å². The van der Waals surface area contributed by atoms with Crippen LogP contribution in [0.2, 0.25) is 0 Å². The van der Waals surface area contributed by atoms with E-state index in [2.05, 4.69) is 38.8 Å². The standard InChI is InChI=1S/C21H24N6O4S/c1-4-26(5-2)21-14-20(22-15(3)23-21)24-16-9-11-17(12-10-16)25-32(30,31)19-8-6-7-18(13-19)27(28)29/h6-14,25H,4-5H2,1-3H3,(H,22,23,24). The van der Waals surface area contributed by atoms with Gasteiger partial charge in [0.15, 0.2) is 0 Å². The lowest BCUT2D eigenvalue weighted by atomic mass is 10.3. The van der Waals surface area contributed by atoms with Gasteiger partial charge in [-0.3, -0.25) is 14.8 Å². The SMILES string of the molecule is CCN(CC)c1cc(Nc2ccc(NS(=O)(=O)c3cccc([N+](=O)[O-])c3)cc2)nc(C)n1. The van der Waals surface area contributed by atoms with Crippen molar-refractivity contribution in [1.82, 2.24) is 9.97 Å². The van der Waals surface area contributed by atoms with Gasteiger partial charge >= 0.3 is 0 Å². The molecule has 0 aliphatic carbocycles. The number of nitrogens with zero attached hydrogens (tertiary/aromatic N) is 4. The Morgan fingerprint density at radius 3 is 2.28 bits per heavy atom. The van der Waals surface area contributed by atoms with Crippen molar-refractivity contribution in [3.8, 4) is 0 Å². The minimum Gasteiger partial charge on any atom is -0.357 e. The van der Waals surface area contributed by atoms with Crippen LogP contribution in [0.15, 0.2) is 59.5 Å². The highest BCUT2D eigenvalue weighted by Crippen LogP contribution is 2.24. The molecule has 0 bridgehead atoms. The lowest BCUT2D eigenvalue weighted by Gasteiger charge is -2.20. The lowest BCUT2D eigenvalue weighted by molar-refractivity contribution is -0.385. The van der Waals surface area contributed by atoms with Crippen LogP contribution in [0.25, 0.3) is 0 Å². The minimum absolute atomic E-state index is 0.186. The Kier molecular flexibility index (Phi) is 6.89. The molecule has 1 aromatic heterocycles. The summed E-state index contributed by atoms with van der Waals surface area (Å²) in [6.07, 6.45) is 0. The van der Waals surface area contributed by atoms with Gasteiger partial charge in [-0.25, -0.2) is 18.4 Å². The summed E-state index contributed by atoms with van der Waals surface area (Å²) in [6.45, 7) is 7.59. The molecule has 1 heterocycles. The summed E-state index contributed by atoms with van der Waals surface area (Å²) in [5, 5.41) is 14.1. The fourth-order valence-corrected chi connectivity index (χ4v) is 4.17. The van der Waals surface area contributed by atoms with Crippen LogP contribution in [0.4, 0.5) is 28.7 Å². The smallest absolute Gasteiger partial charge is 0.270 e. The van der Waals surface area contributed by atoms with E-state index in [0.717, 1.165) is 25.0 Å². The number of hydrogen-bond donors (Lipinski definition) is 2. The molecule has 0 unspecified atom stereocenters. The third kappa shape index (κ3) is 5.49. The fourth-order valence-electron chi connectivity index (χ4n) is 3.07. The summed E-state index contributed by atoms with van der Waals surface area (Å²) in [4.78, 5) is 21.1. The Hall–Kier alpha value is -3.73. The predicted octanol–water partition coefficient (Wildman–Crippen LogP) is 4.08. The van der Waals surface area contributed by atoms with Crippen molar-refractivity contribution in [2.75, 3.05) is 28.0 Å². The molecule has 0 fully saturated rings. The van der Waals surface area contributed by atoms with Gasteiger partial charge in [-0.15, -0.1) is 0 Å². The second-order valence-electron chi connectivity index (χ2n) is 6.89. The molecule has 0 radical (unpaired) electrons. The van der Waals surface area contributed by atoms with Gasteiger partial charge in [0.2, 0.25) is 0 Å². The predicted molar refractivity (Wildman–Crippen MR) is 124 cm³/mol. The van der Waals surface area contributed by atoms with Crippen LogP contribution in [0.5, 0.6) is 0 Å². The monoisotopic (exact) mass is 456 g/mol. The molecule has 2 N–H and O–H groups in total. The van der Waals surface area contributed by atoms with E-state index in [1.165, 1.54) is 18.2 Å². The Bertz CT molecular complexity index is 1210. The number of nitrogens with one attached hydrogen (secondary N) is 2. The van der Waals surface area contributed by atoms with Crippen molar-refractivity contribution in [3.05, 3.63) is 70.5 Å². The van der Waals surface area contributed by atoms with Gasteiger partial charge in [-0.2, -0.15) is 0 Å². The quantitative estimate of drug-likeness (QED) is 0.364. The average molecular weight is 457 g/mol. The topological polar surface area (TPSA) is 130 Å². The van der Waals surface area contributed by atoms with E-state index in [1.807, 2.05) is 13.0 Å². The number of rotatable bonds is 9. The molecule has 0 aliphatic heterocycles. The zero-order chi connectivity index (χ0) is 23.3. The van der Waals surface area contributed by atoms with Crippen LogP contribution in [-0.4, -0.2) is 36.4 Å². The van der Waals surface area contributed by atoms with Gasteiger partial charge in [-0.05, 0) is 51.1 Å². The Balaban J connectivity index is 1.76. The van der Waals surface area contributed by atoms with Crippen molar-refractivity contribution in [2.45, 2.75) is 25.7 Å². The number of aryl methyl sites for hydroxylation is 1. The third-order valence-corrected chi connectivity index (χ3v) is 6.04. The first-order chi connectivity index (χ1) is 15.2. The van der Waals surface area contributed by atoms with Gasteiger partial charge in [0.25, 0.3) is 15.7 Å². The zero-order valence-corrected chi connectivity index (χ0v) is 18.8. The van der Waals surface area contributed by atoms with Gasteiger partial charge < -0.3 is 10.2 Å². The maximum atomic E-state index is 12.6. The summed E-state index contributed by atoms with van der Waals surface area (Å²) in [5.41, 5.74) is 0.744. The molecule has 2 aromatic carbocycles. The molecule has 10 nitrogen and oxygen atoms in total. The molecule has 0 atom stereocenters. The number of aromatic nitrogens is 2. The average Bonchev–Trinajstić information content (AvgIpc) is 2.75. The highest BCUT2D eigenvalue weighted by Gasteiger charge is 2.18. The van der Waals surface area contributed by atoms with Crippen LogP contribution >= 0.6 is 0 Å². The molecule has 32 heavy (non-hydrogen) atoms. The van der Waals surface area contributed by atoms with Crippen LogP contribution in [0.3, 0.4) is 0 Å². The summed E-state index contributed by atoms with van der Waals surface area (Å²) in [7, 11) is -3.97. The Morgan fingerprint density at radius 2 is 1.66 bits per heavy atom. The van der Waals surface area contributed by atoms with E-state index in [0.29, 0.717) is 23.0 Å². The maximum Gasteiger partial charge on any atom is 0.270 e. The largest absolute Gasteiger partial charge is 0.357 e. The van der Waals surface area contributed by atoms with Crippen LogP contribution in [-0.2, 0) is 10.0 Å². The molecule has 0 saturated heterocycles. The molecular weight excluding hydrogens is 432 g/mol. The lowest BCUT2D eigenvalue weighted by Crippen LogP contribution is -2.23. The number of hydrogen-bond acceptors (Lipinski definition) is 8. The molecular formula is C21H24N6O4S. The molecule has 3 aromatic rings. The van der Waals surface area contributed by atoms with Gasteiger partial charge in [0.1, 0.15) is 17.5 Å². The molecule has 0 amide bonds. The molecule has 168 valence electrons. The van der Waals surface area contributed by atoms with Gasteiger partial charge in [0.05, 0.1) is 9.82 Å².